The van der Waals surface area contributed by atoms with Crippen LogP contribution >= 0.6 is 23.2 Å². The van der Waals surface area contributed by atoms with E-state index in [1.165, 1.54) is 0 Å². The monoisotopic (exact) mass is 472 g/mol. The Morgan fingerprint density at radius 2 is 2.06 bits per heavy atom. The summed E-state index contributed by atoms with van der Waals surface area (Å²) in [5.74, 6) is 0.976. The summed E-state index contributed by atoms with van der Waals surface area (Å²) in [4.78, 5) is 19.7. The summed E-state index contributed by atoms with van der Waals surface area (Å²) in [7, 11) is 0. The molecular formula is C24H26Cl2N4O2. The molecule has 2 unspecified atom stereocenters. The van der Waals surface area contributed by atoms with Gasteiger partial charge >= 0.3 is 0 Å². The maximum Gasteiger partial charge on any atom is 0.241 e. The van der Waals surface area contributed by atoms with Crippen molar-refractivity contribution in [3.05, 3.63) is 70.0 Å². The number of hydrogen-bond acceptors (Lipinski definition) is 5. The van der Waals surface area contributed by atoms with Crippen molar-refractivity contribution in [2.75, 3.05) is 13.1 Å². The molecule has 1 fully saturated rings. The third-order valence-corrected chi connectivity index (χ3v) is 6.35. The maximum absolute atomic E-state index is 13.0. The average Bonchev–Trinajstić information content (AvgIpc) is 3.26. The summed E-state index contributed by atoms with van der Waals surface area (Å²) < 4.78 is 5.45. The molecule has 8 heteroatoms. The van der Waals surface area contributed by atoms with Crippen molar-refractivity contribution >= 4 is 29.1 Å². The minimum atomic E-state index is -0.0605. The summed E-state index contributed by atoms with van der Waals surface area (Å²) in [6.07, 6.45) is 2.68. The van der Waals surface area contributed by atoms with E-state index < -0.39 is 0 Å². The van der Waals surface area contributed by atoms with Crippen LogP contribution in [0.1, 0.15) is 43.7 Å². The van der Waals surface area contributed by atoms with Gasteiger partial charge in [-0.2, -0.15) is 4.98 Å². The van der Waals surface area contributed by atoms with Crippen molar-refractivity contribution in [3.8, 4) is 11.4 Å². The minimum absolute atomic E-state index is 0.0294. The lowest BCUT2D eigenvalue weighted by atomic mass is 9.95. The smallest absolute Gasteiger partial charge is 0.241 e. The summed E-state index contributed by atoms with van der Waals surface area (Å²) in [5.41, 5.74) is 1.81. The zero-order valence-corrected chi connectivity index (χ0v) is 19.4. The molecule has 2 atom stereocenters. The van der Waals surface area contributed by atoms with E-state index in [9.17, 15) is 4.79 Å². The number of hydrogen-bond donors (Lipinski definition) is 1. The molecule has 1 aliphatic heterocycles. The lowest BCUT2D eigenvalue weighted by molar-refractivity contribution is -0.127. The van der Waals surface area contributed by atoms with E-state index in [4.69, 9.17) is 27.7 Å². The predicted octanol–water partition coefficient (Wildman–Crippen LogP) is 5.52. The van der Waals surface area contributed by atoms with Crippen molar-refractivity contribution in [2.24, 2.45) is 5.92 Å². The van der Waals surface area contributed by atoms with Crippen molar-refractivity contribution < 1.29 is 9.32 Å². The zero-order chi connectivity index (χ0) is 22.5. The van der Waals surface area contributed by atoms with Crippen molar-refractivity contribution in [1.82, 2.24) is 20.4 Å². The third-order valence-electron chi connectivity index (χ3n) is 5.80. The van der Waals surface area contributed by atoms with E-state index in [0.29, 0.717) is 40.4 Å². The van der Waals surface area contributed by atoms with Crippen LogP contribution in [0.2, 0.25) is 10.0 Å². The van der Waals surface area contributed by atoms with Gasteiger partial charge in [0.1, 0.15) is 0 Å². The summed E-state index contributed by atoms with van der Waals surface area (Å²) in [6.45, 7) is 4.14. The first-order chi connectivity index (χ1) is 15.5. The van der Waals surface area contributed by atoms with Crippen LogP contribution < -0.4 is 5.32 Å². The Balaban J connectivity index is 1.37. The van der Waals surface area contributed by atoms with Gasteiger partial charge in [-0.05, 0) is 49.6 Å². The number of nitrogens with zero attached hydrogens (tertiary/aromatic N) is 3. The molecule has 6 nitrogen and oxygen atoms in total. The number of carbonyl (C=O) groups excluding carboxylic acids is 1. The molecule has 2 heterocycles. The average molecular weight is 473 g/mol. The van der Waals surface area contributed by atoms with E-state index in [-0.39, 0.29) is 17.9 Å². The van der Waals surface area contributed by atoms with Crippen molar-refractivity contribution in [1.29, 1.82) is 0 Å². The van der Waals surface area contributed by atoms with Gasteiger partial charge in [0.2, 0.25) is 17.6 Å². The quantitative estimate of drug-likeness (QED) is 0.489. The summed E-state index contributed by atoms with van der Waals surface area (Å²) >= 11 is 12.2. The molecule has 32 heavy (non-hydrogen) atoms. The van der Waals surface area contributed by atoms with Crippen LogP contribution in [0.4, 0.5) is 0 Å². The number of piperidine rings is 1. The Kier molecular flexibility index (Phi) is 7.45. The van der Waals surface area contributed by atoms with E-state index in [0.717, 1.165) is 31.4 Å². The van der Waals surface area contributed by atoms with Gasteiger partial charge in [0.15, 0.2) is 0 Å². The molecule has 1 N–H and O–H groups in total. The van der Waals surface area contributed by atoms with Crippen LogP contribution in [0.25, 0.3) is 11.4 Å². The lowest BCUT2D eigenvalue weighted by Gasteiger charge is -2.32. The number of aromatic nitrogens is 2. The lowest BCUT2D eigenvalue weighted by Crippen LogP contribution is -2.43. The molecule has 0 spiro atoms. The van der Waals surface area contributed by atoms with Gasteiger partial charge in [0.05, 0.1) is 23.5 Å². The van der Waals surface area contributed by atoms with Crippen LogP contribution in [0, 0.1) is 5.92 Å². The fraction of sp³-hybridized carbons (Fsp3) is 0.375. The van der Waals surface area contributed by atoms with Crippen LogP contribution in [-0.4, -0.2) is 34.0 Å². The third kappa shape index (κ3) is 5.49. The van der Waals surface area contributed by atoms with Gasteiger partial charge < -0.3 is 9.84 Å². The molecule has 0 bridgehead atoms. The Morgan fingerprint density at radius 1 is 1.25 bits per heavy atom. The number of likely N-dealkylation sites (tertiary alicyclic amines) is 1. The minimum Gasteiger partial charge on any atom is -0.349 e. The van der Waals surface area contributed by atoms with Crippen LogP contribution in [-0.2, 0) is 11.3 Å². The second kappa shape index (κ2) is 10.5. The fourth-order valence-electron chi connectivity index (χ4n) is 4.10. The molecule has 1 aromatic heterocycles. The second-order valence-corrected chi connectivity index (χ2v) is 8.93. The highest BCUT2D eigenvalue weighted by Gasteiger charge is 2.28. The largest absolute Gasteiger partial charge is 0.349 e. The Hall–Kier alpha value is -2.41. The molecule has 1 amide bonds. The van der Waals surface area contributed by atoms with E-state index in [2.05, 4.69) is 39.4 Å². The number of rotatable bonds is 7. The molecule has 1 aliphatic rings. The van der Waals surface area contributed by atoms with Gasteiger partial charge in [-0.25, -0.2) is 0 Å². The Labute approximate surface area is 197 Å². The molecule has 1 saturated heterocycles. The van der Waals surface area contributed by atoms with Crippen LogP contribution in [0.15, 0.2) is 53.1 Å². The molecular weight excluding hydrogens is 447 g/mol. The number of amides is 1. The normalized spacial score (nSPS) is 17.8. The van der Waals surface area contributed by atoms with Gasteiger partial charge in [-0.1, -0.05) is 65.6 Å². The first-order valence-electron chi connectivity index (χ1n) is 10.9. The van der Waals surface area contributed by atoms with E-state index in [1.807, 2.05) is 18.2 Å². The molecule has 0 aliphatic carbocycles. The van der Waals surface area contributed by atoms with Gasteiger partial charge in [0, 0.05) is 17.1 Å². The molecule has 3 aromatic rings. The van der Waals surface area contributed by atoms with Gasteiger partial charge in [-0.3, -0.25) is 9.69 Å². The van der Waals surface area contributed by atoms with Crippen molar-refractivity contribution in [3.63, 3.8) is 0 Å². The molecule has 4 rings (SSSR count). The summed E-state index contributed by atoms with van der Waals surface area (Å²) in [6, 6.07) is 15.3. The fourth-order valence-corrected chi connectivity index (χ4v) is 4.59. The maximum atomic E-state index is 13.0. The molecule has 2 aromatic carbocycles. The zero-order valence-electron chi connectivity index (χ0n) is 17.9. The molecule has 0 radical (unpaired) electrons. The van der Waals surface area contributed by atoms with Gasteiger partial charge in [0.25, 0.3) is 0 Å². The van der Waals surface area contributed by atoms with E-state index >= 15 is 0 Å². The number of benzene rings is 2. The first kappa shape index (κ1) is 22.8. The standard InChI is InChI=1S/C24H26Cl2N4O2/c1-2-21(16-7-4-3-5-8-16)27-24(31)17-9-6-12-30(14-17)15-22-28-23(29-32-22)19-11-10-18(25)13-20(19)26/h3-5,7-8,10-11,13,17,21H,2,6,9,12,14-15H2,1H3,(H,27,31). The molecule has 0 saturated carbocycles. The number of carbonyl (C=O) groups is 1. The Morgan fingerprint density at radius 3 is 2.81 bits per heavy atom. The number of nitrogens with one attached hydrogen (secondary N) is 1. The van der Waals surface area contributed by atoms with Gasteiger partial charge in [-0.15, -0.1) is 0 Å². The summed E-state index contributed by atoms with van der Waals surface area (Å²) in [5, 5.41) is 8.32. The van der Waals surface area contributed by atoms with Crippen molar-refractivity contribution in [2.45, 2.75) is 38.8 Å². The highest BCUT2D eigenvalue weighted by atomic mass is 35.5. The van der Waals surface area contributed by atoms with E-state index in [1.54, 1.807) is 18.2 Å². The topological polar surface area (TPSA) is 71.3 Å². The second-order valence-electron chi connectivity index (χ2n) is 8.09. The van der Waals surface area contributed by atoms with Crippen LogP contribution in [0.3, 0.4) is 0 Å². The first-order valence-corrected chi connectivity index (χ1v) is 11.6. The number of halogens is 2. The Bertz CT molecular complexity index is 1060. The molecule has 168 valence electrons. The predicted molar refractivity (Wildman–Crippen MR) is 125 cm³/mol. The highest BCUT2D eigenvalue weighted by Crippen LogP contribution is 2.29. The van der Waals surface area contributed by atoms with Crippen LogP contribution in [0.5, 0.6) is 0 Å². The SMILES string of the molecule is CCC(NC(=O)C1CCCN(Cc2nc(-c3ccc(Cl)cc3Cl)no2)C1)c1ccccc1. The highest BCUT2D eigenvalue weighted by molar-refractivity contribution is 6.36.